The number of nitrogens with zero attached hydrogens (tertiary/aromatic N) is 2. The van der Waals surface area contributed by atoms with Crippen LogP contribution in [-0.2, 0) is 16.6 Å². The fourth-order valence-corrected chi connectivity index (χ4v) is 3.28. The maximum Gasteiger partial charge on any atom is 0.246 e. The van der Waals surface area contributed by atoms with E-state index in [-0.39, 0.29) is 29.7 Å². The van der Waals surface area contributed by atoms with E-state index in [4.69, 9.17) is 0 Å². The van der Waals surface area contributed by atoms with Crippen LogP contribution in [0.1, 0.15) is 19.4 Å². The Labute approximate surface area is 148 Å². The lowest BCUT2D eigenvalue weighted by molar-refractivity contribution is -0.129. The molecule has 2 atom stereocenters. The van der Waals surface area contributed by atoms with E-state index in [0.717, 1.165) is 5.56 Å². The summed E-state index contributed by atoms with van der Waals surface area (Å²) < 4.78 is 14.1. The standard InChI is InChI=1S/C19H26FN3O2/c1-14-11-23(18(25)5-4-9-20)12-15(2)19(14)21-17(24)7-6-16-8-10-22(3)13-16/h4-8,10,13-15,19H,9,11-12H2,1-3H3,(H,21,24)/b5-4+,7-6+. The third-order valence-corrected chi connectivity index (χ3v) is 4.49. The van der Waals surface area contributed by atoms with Crippen molar-refractivity contribution in [3.8, 4) is 0 Å². The first-order chi connectivity index (χ1) is 11.9. The molecular formula is C19H26FN3O2. The zero-order valence-electron chi connectivity index (χ0n) is 15.0. The molecule has 0 bridgehead atoms. The van der Waals surface area contributed by atoms with E-state index in [0.29, 0.717) is 13.1 Å². The first kappa shape index (κ1) is 19.0. The molecule has 6 heteroatoms. The first-order valence-corrected chi connectivity index (χ1v) is 8.52. The highest BCUT2D eigenvalue weighted by atomic mass is 19.1. The Bertz CT molecular complexity index is 653. The molecule has 1 N–H and O–H groups in total. The van der Waals surface area contributed by atoms with E-state index in [2.05, 4.69) is 5.32 Å². The smallest absolute Gasteiger partial charge is 0.246 e. The number of halogens is 1. The van der Waals surface area contributed by atoms with Crippen LogP contribution in [0.25, 0.3) is 6.08 Å². The van der Waals surface area contributed by atoms with Gasteiger partial charge in [-0.3, -0.25) is 9.59 Å². The van der Waals surface area contributed by atoms with Crippen molar-refractivity contribution in [2.45, 2.75) is 19.9 Å². The molecular weight excluding hydrogens is 321 g/mol. The largest absolute Gasteiger partial charge is 0.357 e. The maximum absolute atomic E-state index is 12.2. The Morgan fingerprint density at radius 3 is 2.52 bits per heavy atom. The number of aromatic nitrogens is 1. The summed E-state index contributed by atoms with van der Waals surface area (Å²) >= 11 is 0. The highest BCUT2D eigenvalue weighted by Crippen LogP contribution is 2.22. The van der Waals surface area contributed by atoms with Gasteiger partial charge in [-0.2, -0.15) is 0 Å². The number of nitrogens with one attached hydrogen (secondary N) is 1. The Morgan fingerprint density at radius 2 is 1.96 bits per heavy atom. The Hall–Kier alpha value is -2.37. The Morgan fingerprint density at radius 1 is 1.28 bits per heavy atom. The summed E-state index contributed by atoms with van der Waals surface area (Å²) in [5.74, 6) is -0.0594. The van der Waals surface area contributed by atoms with Gasteiger partial charge in [-0.15, -0.1) is 0 Å². The van der Waals surface area contributed by atoms with Gasteiger partial charge in [0, 0.05) is 50.7 Å². The van der Waals surface area contributed by atoms with Gasteiger partial charge >= 0.3 is 0 Å². The van der Waals surface area contributed by atoms with Crippen LogP contribution >= 0.6 is 0 Å². The second-order valence-corrected chi connectivity index (χ2v) is 6.73. The molecule has 25 heavy (non-hydrogen) atoms. The molecule has 0 spiro atoms. The van der Waals surface area contributed by atoms with Crippen molar-refractivity contribution >= 4 is 17.9 Å². The van der Waals surface area contributed by atoms with Crippen molar-refractivity contribution in [3.63, 3.8) is 0 Å². The second-order valence-electron chi connectivity index (χ2n) is 6.73. The summed E-state index contributed by atoms with van der Waals surface area (Å²) in [4.78, 5) is 25.9. The molecule has 0 aromatic carbocycles. The van der Waals surface area contributed by atoms with Gasteiger partial charge in [-0.05, 0) is 35.6 Å². The summed E-state index contributed by atoms with van der Waals surface area (Å²) in [6.45, 7) is 4.48. The third kappa shape index (κ3) is 5.31. The van der Waals surface area contributed by atoms with Gasteiger partial charge in [0.25, 0.3) is 0 Å². The topological polar surface area (TPSA) is 54.3 Å². The normalized spacial score (nSPS) is 24.2. The van der Waals surface area contributed by atoms with Crippen LogP contribution < -0.4 is 5.32 Å². The minimum atomic E-state index is -0.642. The number of amides is 2. The van der Waals surface area contributed by atoms with Crippen LogP contribution in [0.2, 0.25) is 0 Å². The van der Waals surface area contributed by atoms with Gasteiger partial charge in [0.2, 0.25) is 11.8 Å². The minimum absolute atomic E-state index is 0.00197. The molecule has 0 saturated carbocycles. The maximum atomic E-state index is 12.2. The molecule has 5 nitrogen and oxygen atoms in total. The van der Waals surface area contributed by atoms with Crippen LogP contribution in [0.15, 0.2) is 36.7 Å². The van der Waals surface area contributed by atoms with Gasteiger partial charge < -0.3 is 14.8 Å². The molecule has 136 valence electrons. The van der Waals surface area contributed by atoms with E-state index in [1.165, 1.54) is 18.2 Å². The van der Waals surface area contributed by atoms with Crippen molar-refractivity contribution in [2.24, 2.45) is 18.9 Å². The number of likely N-dealkylation sites (tertiary alicyclic amines) is 1. The van der Waals surface area contributed by atoms with E-state index in [1.54, 1.807) is 11.0 Å². The molecule has 0 radical (unpaired) electrons. The van der Waals surface area contributed by atoms with Crippen LogP contribution in [0.5, 0.6) is 0 Å². The average Bonchev–Trinajstić information content (AvgIpc) is 2.99. The summed E-state index contributed by atoms with van der Waals surface area (Å²) in [5.41, 5.74) is 0.971. The number of carbonyl (C=O) groups is 2. The number of hydrogen-bond donors (Lipinski definition) is 1. The van der Waals surface area contributed by atoms with Crippen molar-refractivity contribution in [1.82, 2.24) is 14.8 Å². The molecule has 0 aliphatic carbocycles. The zero-order chi connectivity index (χ0) is 18.4. The fourth-order valence-electron chi connectivity index (χ4n) is 3.28. The highest BCUT2D eigenvalue weighted by Gasteiger charge is 2.33. The zero-order valence-corrected chi connectivity index (χ0v) is 15.0. The molecule has 2 rings (SSSR count). The summed E-state index contributed by atoms with van der Waals surface area (Å²) in [5, 5.41) is 3.05. The van der Waals surface area contributed by atoms with E-state index < -0.39 is 6.67 Å². The van der Waals surface area contributed by atoms with Crippen molar-refractivity contribution in [2.75, 3.05) is 19.8 Å². The molecule has 1 aromatic rings. The van der Waals surface area contributed by atoms with Gasteiger partial charge in [0.15, 0.2) is 0 Å². The first-order valence-electron chi connectivity index (χ1n) is 8.52. The number of aryl methyl sites for hydroxylation is 1. The van der Waals surface area contributed by atoms with Crippen molar-refractivity contribution in [1.29, 1.82) is 0 Å². The van der Waals surface area contributed by atoms with Crippen LogP contribution in [0.4, 0.5) is 4.39 Å². The quantitative estimate of drug-likeness (QED) is 0.830. The molecule has 2 amide bonds. The SMILES string of the molecule is CC1CN(C(=O)/C=C/CF)CC(C)C1NC(=O)/C=C/c1ccn(C)c1. The van der Waals surface area contributed by atoms with Crippen LogP contribution in [0, 0.1) is 11.8 Å². The monoisotopic (exact) mass is 347 g/mol. The van der Waals surface area contributed by atoms with Gasteiger partial charge in [0.05, 0.1) is 0 Å². The number of allylic oxidation sites excluding steroid dienone is 1. The fraction of sp³-hybridized carbons (Fsp3) is 0.474. The third-order valence-electron chi connectivity index (χ3n) is 4.49. The van der Waals surface area contributed by atoms with Gasteiger partial charge in [-0.25, -0.2) is 4.39 Å². The summed E-state index contributed by atoms with van der Waals surface area (Å²) in [6, 6.07) is 1.94. The average molecular weight is 347 g/mol. The lowest BCUT2D eigenvalue weighted by Crippen LogP contribution is -2.55. The molecule has 2 heterocycles. The number of rotatable bonds is 5. The molecule has 1 saturated heterocycles. The number of hydrogen-bond acceptors (Lipinski definition) is 2. The lowest BCUT2D eigenvalue weighted by Gasteiger charge is -2.41. The second kappa shape index (κ2) is 8.65. The van der Waals surface area contributed by atoms with Crippen molar-refractivity contribution < 1.29 is 14.0 Å². The molecule has 1 aliphatic rings. The Balaban J connectivity index is 1.92. The van der Waals surface area contributed by atoms with E-state index >= 15 is 0 Å². The van der Waals surface area contributed by atoms with E-state index in [9.17, 15) is 14.0 Å². The van der Waals surface area contributed by atoms with Crippen LogP contribution in [0.3, 0.4) is 0 Å². The molecule has 2 unspecified atom stereocenters. The van der Waals surface area contributed by atoms with Gasteiger partial charge in [-0.1, -0.05) is 13.8 Å². The van der Waals surface area contributed by atoms with Crippen molar-refractivity contribution in [3.05, 3.63) is 42.3 Å². The summed E-state index contributed by atoms with van der Waals surface area (Å²) in [6.07, 6.45) is 9.68. The Kier molecular flexibility index (Phi) is 6.56. The minimum Gasteiger partial charge on any atom is -0.357 e. The predicted octanol–water partition coefficient (Wildman–Crippen LogP) is 2.16. The molecule has 1 fully saturated rings. The number of piperidine rings is 1. The number of alkyl halides is 1. The summed E-state index contributed by atoms with van der Waals surface area (Å²) in [7, 11) is 1.93. The predicted molar refractivity (Wildman–Crippen MR) is 96.4 cm³/mol. The van der Waals surface area contributed by atoms with Gasteiger partial charge in [0.1, 0.15) is 6.67 Å². The van der Waals surface area contributed by atoms with E-state index in [1.807, 2.05) is 43.9 Å². The molecule has 1 aromatic heterocycles. The highest BCUT2D eigenvalue weighted by molar-refractivity contribution is 5.92. The lowest BCUT2D eigenvalue weighted by atomic mass is 9.85. The number of carbonyl (C=O) groups excluding carboxylic acids is 2. The van der Waals surface area contributed by atoms with Crippen LogP contribution in [-0.4, -0.2) is 47.1 Å². The molecule has 1 aliphatic heterocycles.